The molecule has 0 aliphatic carbocycles. The maximum atomic E-state index is 12.7. The molecule has 3 aliphatic heterocycles. The van der Waals surface area contributed by atoms with Crippen LogP contribution in [0.2, 0.25) is 0 Å². The van der Waals surface area contributed by atoms with Crippen LogP contribution < -0.4 is 9.47 Å². The number of carbonyl (C=O) groups excluding carboxylic acids is 1. The Bertz CT molecular complexity index is 859. The van der Waals surface area contributed by atoms with E-state index in [4.69, 9.17) is 9.47 Å². The van der Waals surface area contributed by atoms with E-state index < -0.39 is 0 Å². The van der Waals surface area contributed by atoms with Crippen LogP contribution in [0.4, 0.5) is 0 Å². The SMILES string of the molecule is O=C1c2cncnc2CN1[C@H]1CCCN(C[C@H]2COc3ccccc3O2)C1. The number of carbonyl (C=O) groups is 1. The largest absolute Gasteiger partial charge is 0.486 e. The Hall–Kier alpha value is -2.67. The maximum Gasteiger partial charge on any atom is 0.258 e. The molecule has 1 saturated heterocycles. The number of likely N-dealkylation sites (tertiary alicyclic amines) is 1. The van der Waals surface area contributed by atoms with E-state index in [1.54, 1.807) is 6.20 Å². The first-order valence-electron chi connectivity index (χ1n) is 9.48. The predicted molar refractivity (Wildman–Crippen MR) is 97.7 cm³/mol. The summed E-state index contributed by atoms with van der Waals surface area (Å²) in [5.41, 5.74) is 1.49. The number of hydrogen-bond acceptors (Lipinski definition) is 6. The van der Waals surface area contributed by atoms with E-state index in [0.717, 1.165) is 49.7 Å². The third-order valence-electron chi connectivity index (χ3n) is 5.56. The molecule has 0 radical (unpaired) electrons. The lowest BCUT2D eigenvalue weighted by molar-refractivity contribution is 0.0306. The number of hydrogen-bond donors (Lipinski definition) is 0. The van der Waals surface area contributed by atoms with Gasteiger partial charge in [0.25, 0.3) is 5.91 Å². The molecule has 0 bridgehead atoms. The summed E-state index contributed by atoms with van der Waals surface area (Å²) in [7, 11) is 0. The second kappa shape index (κ2) is 6.81. The minimum absolute atomic E-state index is 0.0102. The van der Waals surface area contributed by atoms with E-state index in [9.17, 15) is 4.79 Å². The maximum absolute atomic E-state index is 12.7. The molecular formula is C20H22N4O3. The first-order chi connectivity index (χ1) is 13.3. The van der Waals surface area contributed by atoms with Gasteiger partial charge in [-0.05, 0) is 31.5 Å². The lowest BCUT2D eigenvalue weighted by atomic mass is 10.0. The number of fused-ring (bicyclic) bond motifs is 2. The van der Waals surface area contributed by atoms with Crippen molar-refractivity contribution in [2.75, 3.05) is 26.2 Å². The summed E-state index contributed by atoms with van der Waals surface area (Å²) in [5, 5.41) is 0. The number of benzene rings is 1. The van der Waals surface area contributed by atoms with Gasteiger partial charge in [0.15, 0.2) is 11.5 Å². The van der Waals surface area contributed by atoms with Crippen LogP contribution in [0, 0.1) is 0 Å². The zero-order valence-electron chi connectivity index (χ0n) is 15.1. The summed E-state index contributed by atoms with van der Waals surface area (Å²) in [4.78, 5) is 25.3. The van der Waals surface area contributed by atoms with Crippen LogP contribution in [-0.4, -0.2) is 64.1 Å². The lowest BCUT2D eigenvalue weighted by Crippen LogP contribution is -2.51. The minimum Gasteiger partial charge on any atom is -0.486 e. The third-order valence-corrected chi connectivity index (χ3v) is 5.56. The van der Waals surface area contributed by atoms with Gasteiger partial charge < -0.3 is 14.4 Å². The highest BCUT2D eigenvalue weighted by Crippen LogP contribution is 2.32. The highest BCUT2D eigenvalue weighted by atomic mass is 16.6. The quantitative estimate of drug-likeness (QED) is 0.824. The van der Waals surface area contributed by atoms with Crippen LogP contribution in [0.5, 0.6) is 11.5 Å². The molecule has 7 nitrogen and oxygen atoms in total. The molecule has 0 unspecified atom stereocenters. The fourth-order valence-electron chi connectivity index (χ4n) is 4.23. The number of para-hydroxylation sites is 2. The number of nitrogens with zero attached hydrogens (tertiary/aromatic N) is 4. The number of aromatic nitrogens is 2. The molecule has 2 atom stereocenters. The molecule has 1 amide bonds. The van der Waals surface area contributed by atoms with Crippen LogP contribution in [0.15, 0.2) is 36.8 Å². The van der Waals surface area contributed by atoms with Gasteiger partial charge in [-0.1, -0.05) is 12.1 Å². The van der Waals surface area contributed by atoms with Crippen LogP contribution in [0.1, 0.15) is 28.9 Å². The number of ether oxygens (including phenoxy) is 2. The van der Waals surface area contributed by atoms with Gasteiger partial charge in [-0.25, -0.2) is 9.97 Å². The number of amides is 1. The number of piperidine rings is 1. The first kappa shape index (κ1) is 16.5. The minimum atomic E-state index is 0.0102. The van der Waals surface area contributed by atoms with E-state index in [0.29, 0.717) is 18.7 Å². The van der Waals surface area contributed by atoms with Crippen molar-refractivity contribution in [2.24, 2.45) is 0 Å². The van der Waals surface area contributed by atoms with Gasteiger partial charge in [-0.15, -0.1) is 0 Å². The Labute approximate surface area is 157 Å². The van der Waals surface area contributed by atoms with E-state index in [1.165, 1.54) is 6.33 Å². The Morgan fingerprint density at radius 2 is 2.11 bits per heavy atom. The van der Waals surface area contributed by atoms with Crippen LogP contribution >= 0.6 is 0 Å². The molecule has 1 fully saturated rings. The van der Waals surface area contributed by atoms with Gasteiger partial charge >= 0.3 is 0 Å². The molecule has 4 heterocycles. The lowest BCUT2D eigenvalue weighted by Gasteiger charge is -2.39. The molecule has 1 aromatic carbocycles. The van der Waals surface area contributed by atoms with Crippen molar-refractivity contribution in [1.82, 2.24) is 19.8 Å². The molecular weight excluding hydrogens is 344 g/mol. The van der Waals surface area contributed by atoms with E-state index in [-0.39, 0.29) is 18.1 Å². The standard InChI is InChI=1S/C20H22N4O3/c25-20-16-8-21-13-22-17(16)11-24(20)14-4-3-7-23(9-14)10-15-12-26-18-5-1-2-6-19(18)27-15/h1-2,5-6,8,13-15H,3-4,7,9-12H2/t14-,15-/m0/s1. The molecule has 0 saturated carbocycles. The molecule has 3 aliphatic rings. The smallest absolute Gasteiger partial charge is 0.258 e. The summed E-state index contributed by atoms with van der Waals surface area (Å²) in [6.07, 6.45) is 5.25. The zero-order valence-corrected chi connectivity index (χ0v) is 15.1. The van der Waals surface area contributed by atoms with Gasteiger partial charge in [0.1, 0.15) is 19.0 Å². The Kier molecular flexibility index (Phi) is 4.16. The summed E-state index contributed by atoms with van der Waals surface area (Å²) in [5.74, 6) is 1.68. The van der Waals surface area contributed by atoms with Crippen molar-refractivity contribution in [3.8, 4) is 11.5 Å². The fourth-order valence-corrected chi connectivity index (χ4v) is 4.23. The molecule has 1 aromatic heterocycles. The summed E-state index contributed by atoms with van der Waals surface area (Å²) < 4.78 is 11.9. The average Bonchev–Trinajstić information content (AvgIpc) is 3.05. The second-order valence-corrected chi connectivity index (χ2v) is 7.37. The van der Waals surface area contributed by atoms with E-state index in [1.807, 2.05) is 29.2 Å². The van der Waals surface area contributed by atoms with Crippen molar-refractivity contribution < 1.29 is 14.3 Å². The topological polar surface area (TPSA) is 67.8 Å². The van der Waals surface area contributed by atoms with Crippen LogP contribution in [-0.2, 0) is 6.54 Å². The predicted octanol–water partition coefficient (Wildman–Crippen LogP) is 1.74. The van der Waals surface area contributed by atoms with Crippen molar-refractivity contribution in [3.63, 3.8) is 0 Å². The third kappa shape index (κ3) is 3.12. The Balaban J connectivity index is 1.23. The van der Waals surface area contributed by atoms with Crippen molar-refractivity contribution >= 4 is 5.91 Å². The van der Waals surface area contributed by atoms with E-state index in [2.05, 4.69) is 14.9 Å². The van der Waals surface area contributed by atoms with Crippen LogP contribution in [0.25, 0.3) is 0 Å². The van der Waals surface area contributed by atoms with Gasteiger partial charge in [0, 0.05) is 25.3 Å². The molecule has 0 N–H and O–H groups in total. The normalized spacial score (nSPS) is 24.7. The molecule has 5 rings (SSSR count). The second-order valence-electron chi connectivity index (χ2n) is 7.37. The summed E-state index contributed by atoms with van der Waals surface area (Å²) in [6, 6.07) is 8.00. The Morgan fingerprint density at radius 1 is 1.22 bits per heavy atom. The van der Waals surface area contributed by atoms with Gasteiger partial charge in [-0.3, -0.25) is 9.69 Å². The first-order valence-corrected chi connectivity index (χ1v) is 9.48. The van der Waals surface area contributed by atoms with E-state index >= 15 is 0 Å². The molecule has 7 heteroatoms. The fraction of sp³-hybridized carbons (Fsp3) is 0.450. The monoisotopic (exact) mass is 366 g/mol. The summed E-state index contributed by atoms with van der Waals surface area (Å²) >= 11 is 0. The molecule has 140 valence electrons. The van der Waals surface area contributed by atoms with Crippen LogP contribution in [0.3, 0.4) is 0 Å². The van der Waals surface area contributed by atoms with Gasteiger partial charge in [0.05, 0.1) is 17.8 Å². The highest BCUT2D eigenvalue weighted by molar-refractivity contribution is 5.97. The molecule has 27 heavy (non-hydrogen) atoms. The van der Waals surface area contributed by atoms with Gasteiger partial charge in [-0.2, -0.15) is 0 Å². The Morgan fingerprint density at radius 3 is 3.00 bits per heavy atom. The molecule has 0 spiro atoms. The van der Waals surface area contributed by atoms with Crippen molar-refractivity contribution in [3.05, 3.63) is 48.0 Å². The van der Waals surface area contributed by atoms with Crippen molar-refractivity contribution in [2.45, 2.75) is 31.5 Å². The van der Waals surface area contributed by atoms with Gasteiger partial charge in [0.2, 0.25) is 0 Å². The highest BCUT2D eigenvalue weighted by Gasteiger charge is 2.36. The zero-order chi connectivity index (χ0) is 18.2. The average molecular weight is 366 g/mol. The van der Waals surface area contributed by atoms with Crippen molar-refractivity contribution in [1.29, 1.82) is 0 Å². The summed E-state index contributed by atoms with van der Waals surface area (Å²) in [6.45, 7) is 3.83. The number of rotatable bonds is 3. The molecule has 2 aromatic rings.